The zero-order valence-corrected chi connectivity index (χ0v) is 17.1. The minimum Gasteiger partial charge on any atom is -0.335 e. The van der Waals surface area contributed by atoms with Gasteiger partial charge >= 0.3 is 0 Å². The predicted molar refractivity (Wildman–Crippen MR) is 107 cm³/mol. The molecular formula is C19H20Cl2N2O3S. The lowest BCUT2D eigenvalue weighted by Gasteiger charge is -2.35. The summed E-state index contributed by atoms with van der Waals surface area (Å²) in [5, 5.41) is 5.62. The smallest absolute Gasteiger partial charge is 0.227 e. The monoisotopic (exact) mass is 426 g/mol. The highest BCUT2D eigenvalue weighted by molar-refractivity contribution is 7.88. The average Bonchev–Trinajstić information content (AvgIpc) is 2.60. The first-order valence-electron chi connectivity index (χ1n) is 8.51. The summed E-state index contributed by atoms with van der Waals surface area (Å²) in [4.78, 5) is 14.8. The van der Waals surface area contributed by atoms with Crippen molar-refractivity contribution in [3.63, 3.8) is 0 Å². The Morgan fingerprint density at radius 3 is 2.63 bits per heavy atom. The molecule has 0 bridgehead atoms. The van der Waals surface area contributed by atoms with Crippen LogP contribution in [0.1, 0.15) is 35.2 Å². The summed E-state index contributed by atoms with van der Waals surface area (Å²) in [5.74, 6) is -0.508. The van der Waals surface area contributed by atoms with Crippen LogP contribution in [0.15, 0.2) is 36.4 Å². The van der Waals surface area contributed by atoms with E-state index in [-0.39, 0.29) is 23.4 Å². The summed E-state index contributed by atoms with van der Waals surface area (Å²) >= 11 is 12.6. The molecule has 144 valence electrons. The van der Waals surface area contributed by atoms with E-state index in [4.69, 9.17) is 28.3 Å². The second-order valence-corrected chi connectivity index (χ2v) is 9.09. The average molecular weight is 427 g/mol. The van der Waals surface area contributed by atoms with E-state index in [9.17, 15) is 13.2 Å². The fourth-order valence-corrected chi connectivity index (χ4v) is 4.83. The minimum absolute atomic E-state index is 0.00261. The first-order chi connectivity index (χ1) is 12.7. The van der Waals surface area contributed by atoms with Crippen LogP contribution in [0, 0.1) is 0 Å². The summed E-state index contributed by atoms with van der Waals surface area (Å²) in [6.45, 7) is 2.61. The molecular weight excluding hydrogens is 407 g/mol. The number of nitrogens with two attached hydrogens (primary N) is 1. The van der Waals surface area contributed by atoms with Gasteiger partial charge in [0.25, 0.3) is 0 Å². The van der Waals surface area contributed by atoms with Crippen LogP contribution in [0.2, 0.25) is 10.0 Å². The van der Waals surface area contributed by atoms with E-state index >= 15 is 0 Å². The van der Waals surface area contributed by atoms with Gasteiger partial charge in [0.2, 0.25) is 15.9 Å². The fourth-order valence-electron chi connectivity index (χ4n) is 3.50. The van der Waals surface area contributed by atoms with Gasteiger partial charge in [0.05, 0.1) is 23.2 Å². The van der Waals surface area contributed by atoms with E-state index in [2.05, 4.69) is 6.07 Å². The summed E-state index contributed by atoms with van der Waals surface area (Å²) < 4.78 is 22.8. The van der Waals surface area contributed by atoms with Crippen LogP contribution in [0.25, 0.3) is 0 Å². The molecule has 5 nitrogen and oxygen atoms in total. The van der Waals surface area contributed by atoms with Crippen molar-refractivity contribution in [2.45, 2.75) is 31.6 Å². The number of primary sulfonamides is 1. The van der Waals surface area contributed by atoms with E-state index in [1.807, 2.05) is 25.1 Å². The fraction of sp³-hybridized carbons (Fsp3) is 0.316. The highest BCUT2D eigenvalue weighted by Gasteiger charge is 2.28. The Hall–Kier alpha value is -1.60. The molecule has 8 heteroatoms. The van der Waals surface area contributed by atoms with Crippen molar-refractivity contribution >= 4 is 39.1 Å². The molecule has 0 saturated carbocycles. The zero-order chi connectivity index (χ0) is 19.8. The molecule has 27 heavy (non-hydrogen) atoms. The molecule has 3 rings (SSSR count). The van der Waals surface area contributed by atoms with Gasteiger partial charge in [-0.2, -0.15) is 0 Å². The Bertz CT molecular complexity index is 992. The number of fused-ring (bicyclic) bond motifs is 1. The molecule has 0 unspecified atom stereocenters. The van der Waals surface area contributed by atoms with Crippen LogP contribution in [-0.4, -0.2) is 25.8 Å². The minimum atomic E-state index is -3.74. The van der Waals surface area contributed by atoms with Crippen LogP contribution in [0.5, 0.6) is 0 Å². The number of rotatable bonds is 4. The molecule has 0 fully saturated rings. The second kappa shape index (κ2) is 7.80. The van der Waals surface area contributed by atoms with Gasteiger partial charge in [-0.15, -0.1) is 0 Å². The molecule has 2 N–H and O–H groups in total. The topological polar surface area (TPSA) is 80.5 Å². The van der Waals surface area contributed by atoms with E-state index in [0.717, 1.165) is 12.0 Å². The largest absolute Gasteiger partial charge is 0.335 e. The molecule has 0 radical (unpaired) electrons. The highest BCUT2D eigenvalue weighted by atomic mass is 35.5. The van der Waals surface area contributed by atoms with Gasteiger partial charge in [-0.05, 0) is 41.7 Å². The Morgan fingerprint density at radius 2 is 1.93 bits per heavy atom. The third-order valence-corrected chi connectivity index (χ3v) is 6.40. The standard InChI is InChI=1S/C19H20Cl2N2O3S/c1-12-15-5-3-2-4-13(15)8-9-23(12)18(24)10-16-17(20)7-6-14(19(16)21)11-27(22,25)26/h2-7,12H,8-11H2,1H3,(H2,22,25,26)/t12-/m0/s1. The molecule has 2 aromatic rings. The maximum absolute atomic E-state index is 13.0. The van der Waals surface area contributed by atoms with Crippen molar-refractivity contribution in [3.8, 4) is 0 Å². The van der Waals surface area contributed by atoms with Gasteiger partial charge in [-0.25, -0.2) is 13.6 Å². The number of carbonyl (C=O) groups excluding carboxylic acids is 1. The number of carbonyl (C=O) groups is 1. The molecule has 1 amide bonds. The summed E-state index contributed by atoms with van der Waals surface area (Å²) in [6, 6.07) is 11.1. The molecule has 0 aliphatic carbocycles. The van der Waals surface area contributed by atoms with Crippen LogP contribution < -0.4 is 5.14 Å². The maximum atomic E-state index is 13.0. The van der Waals surface area contributed by atoms with Crippen LogP contribution in [-0.2, 0) is 33.4 Å². The van der Waals surface area contributed by atoms with Gasteiger partial charge in [0.15, 0.2) is 0 Å². The maximum Gasteiger partial charge on any atom is 0.227 e. The molecule has 1 aliphatic rings. The van der Waals surface area contributed by atoms with Crippen molar-refractivity contribution in [1.82, 2.24) is 4.90 Å². The van der Waals surface area contributed by atoms with Gasteiger partial charge in [0, 0.05) is 11.6 Å². The first-order valence-corrected chi connectivity index (χ1v) is 11.0. The Balaban J connectivity index is 1.85. The summed E-state index contributed by atoms with van der Waals surface area (Å²) in [6.07, 6.45) is 0.793. The molecule has 0 aromatic heterocycles. The number of halogens is 2. The summed E-state index contributed by atoms with van der Waals surface area (Å²) in [5.41, 5.74) is 3.15. The number of sulfonamides is 1. The Kier molecular flexibility index (Phi) is 5.82. The molecule has 1 atom stereocenters. The van der Waals surface area contributed by atoms with E-state index in [1.165, 1.54) is 11.6 Å². The first kappa shape index (κ1) is 20.1. The van der Waals surface area contributed by atoms with Crippen molar-refractivity contribution in [3.05, 3.63) is 68.7 Å². The molecule has 0 spiro atoms. The van der Waals surface area contributed by atoms with Crippen LogP contribution in [0.3, 0.4) is 0 Å². The van der Waals surface area contributed by atoms with Gasteiger partial charge in [0.1, 0.15) is 0 Å². The lowest BCUT2D eigenvalue weighted by atomic mass is 9.93. The third kappa shape index (κ3) is 4.46. The van der Waals surface area contributed by atoms with Crippen molar-refractivity contribution < 1.29 is 13.2 Å². The van der Waals surface area contributed by atoms with Crippen LogP contribution >= 0.6 is 23.2 Å². The number of hydrogen-bond donors (Lipinski definition) is 1. The van der Waals surface area contributed by atoms with E-state index < -0.39 is 15.8 Å². The van der Waals surface area contributed by atoms with Crippen molar-refractivity contribution in [1.29, 1.82) is 0 Å². The quantitative estimate of drug-likeness (QED) is 0.812. The number of hydrogen-bond acceptors (Lipinski definition) is 3. The van der Waals surface area contributed by atoms with Crippen molar-refractivity contribution in [2.24, 2.45) is 5.14 Å². The number of amides is 1. The van der Waals surface area contributed by atoms with Gasteiger partial charge in [-0.3, -0.25) is 4.79 Å². The summed E-state index contributed by atoms with van der Waals surface area (Å²) in [7, 11) is -3.74. The SMILES string of the molecule is C[C@H]1c2ccccc2CCN1C(=O)Cc1c(Cl)ccc(CS(N)(=O)=O)c1Cl. The molecule has 0 saturated heterocycles. The molecule has 1 heterocycles. The Labute approximate surface area is 169 Å². The molecule has 2 aromatic carbocycles. The third-order valence-electron chi connectivity index (χ3n) is 4.87. The Morgan fingerprint density at radius 1 is 1.22 bits per heavy atom. The predicted octanol–water partition coefficient (Wildman–Crippen LogP) is 3.47. The van der Waals surface area contributed by atoms with Gasteiger partial charge < -0.3 is 4.90 Å². The van der Waals surface area contributed by atoms with Gasteiger partial charge in [-0.1, -0.05) is 53.5 Å². The zero-order valence-electron chi connectivity index (χ0n) is 14.8. The lowest BCUT2D eigenvalue weighted by molar-refractivity contribution is -0.133. The van der Waals surface area contributed by atoms with Crippen LogP contribution in [0.4, 0.5) is 0 Å². The molecule has 1 aliphatic heterocycles. The second-order valence-electron chi connectivity index (χ2n) is 6.69. The lowest BCUT2D eigenvalue weighted by Crippen LogP contribution is -2.39. The van der Waals surface area contributed by atoms with Crippen molar-refractivity contribution in [2.75, 3.05) is 6.54 Å². The normalized spacial score (nSPS) is 16.9. The van der Waals surface area contributed by atoms with E-state index in [1.54, 1.807) is 11.0 Å². The highest BCUT2D eigenvalue weighted by Crippen LogP contribution is 2.33. The van der Waals surface area contributed by atoms with E-state index in [0.29, 0.717) is 22.7 Å². The number of benzene rings is 2. The number of nitrogens with zero attached hydrogens (tertiary/aromatic N) is 1.